The van der Waals surface area contributed by atoms with Crippen molar-refractivity contribution >= 4 is 46.2 Å². The fourth-order valence-corrected chi connectivity index (χ4v) is 4.46. The number of hydrogen-bond acceptors (Lipinski definition) is 8. The van der Waals surface area contributed by atoms with E-state index in [1.54, 1.807) is 35.9 Å². The van der Waals surface area contributed by atoms with Crippen LogP contribution in [0.1, 0.15) is 30.7 Å². The molecule has 9 nitrogen and oxygen atoms in total. The lowest BCUT2D eigenvalue weighted by Crippen LogP contribution is -2.36. The molecule has 0 bridgehead atoms. The van der Waals surface area contributed by atoms with E-state index in [1.165, 1.54) is 0 Å². The first-order chi connectivity index (χ1) is 15.4. The smallest absolute Gasteiger partial charge is 0.175 e. The molecule has 2 unspecified atom stereocenters. The largest absolute Gasteiger partial charge is 0.398 e. The molecule has 4 heterocycles. The third-order valence-electron chi connectivity index (χ3n) is 5.39. The van der Waals surface area contributed by atoms with Gasteiger partial charge in [0.2, 0.25) is 0 Å². The number of nitrogens with zero attached hydrogens (tertiary/aromatic N) is 6. The van der Waals surface area contributed by atoms with Crippen LogP contribution in [-0.2, 0) is 7.05 Å². The first kappa shape index (κ1) is 22.1. The van der Waals surface area contributed by atoms with Crippen molar-refractivity contribution < 1.29 is 0 Å². The van der Waals surface area contributed by atoms with Gasteiger partial charge in [0, 0.05) is 56.5 Å². The van der Waals surface area contributed by atoms with E-state index in [1.807, 2.05) is 32.6 Å². The average molecular weight is 452 g/mol. The van der Waals surface area contributed by atoms with Crippen molar-refractivity contribution in [3.8, 4) is 0 Å². The Hall–Kier alpha value is -3.11. The average Bonchev–Trinajstić information content (AvgIpc) is 3.43. The van der Waals surface area contributed by atoms with E-state index in [2.05, 4.69) is 56.8 Å². The second-order valence-electron chi connectivity index (χ2n) is 8.12. The summed E-state index contributed by atoms with van der Waals surface area (Å²) in [5.41, 5.74) is 18.0. The predicted molar refractivity (Wildman–Crippen MR) is 134 cm³/mol. The van der Waals surface area contributed by atoms with Crippen LogP contribution >= 0.6 is 11.8 Å². The van der Waals surface area contributed by atoms with Gasteiger partial charge in [0.05, 0.1) is 28.6 Å². The number of likely N-dealkylation sites (N-methyl/N-ethyl adjacent to an activating group) is 1. The van der Waals surface area contributed by atoms with Gasteiger partial charge in [0.15, 0.2) is 5.17 Å². The van der Waals surface area contributed by atoms with Crippen LogP contribution in [0.2, 0.25) is 0 Å². The van der Waals surface area contributed by atoms with Gasteiger partial charge in [-0.25, -0.2) is 10.4 Å². The number of rotatable bonds is 5. The second-order valence-corrected chi connectivity index (χ2v) is 9.25. The molecule has 4 N–H and O–H groups in total. The van der Waals surface area contributed by atoms with E-state index in [-0.39, 0.29) is 6.17 Å². The predicted octanol–water partition coefficient (Wildman–Crippen LogP) is 2.31. The summed E-state index contributed by atoms with van der Waals surface area (Å²) < 4.78 is 1.73. The number of fused-ring (bicyclic) bond motifs is 1. The van der Waals surface area contributed by atoms with Crippen molar-refractivity contribution in [2.75, 3.05) is 19.0 Å². The number of nitrogens with two attached hydrogens (primary N) is 1. The molecule has 0 spiro atoms. The Kier molecular flexibility index (Phi) is 6.33. The summed E-state index contributed by atoms with van der Waals surface area (Å²) in [6.45, 7) is 4.38. The maximum absolute atomic E-state index is 6.49. The van der Waals surface area contributed by atoms with Gasteiger partial charge in [-0.3, -0.25) is 20.1 Å². The highest BCUT2D eigenvalue weighted by Gasteiger charge is 2.26. The quantitative estimate of drug-likeness (QED) is 0.599. The monoisotopic (exact) mass is 451 g/mol. The van der Waals surface area contributed by atoms with Crippen LogP contribution in [0.25, 0.3) is 17.3 Å². The van der Waals surface area contributed by atoms with Crippen molar-refractivity contribution in [1.82, 2.24) is 25.6 Å². The maximum atomic E-state index is 6.49. The Balaban J connectivity index is 1.66. The maximum Gasteiger partial charge on any atom is 0.175 e. The summed E-state index contributed by atoms with van der Waals surface area (Å²) in [5.74, 6) is 0.503. The van der Waals surface area contributed by atoms with Gasteiger partial charge < -0.3 is 10.6 Å². The zero-order valence-corrected chi connectivity index (χ0v) is 19.8. The molecule has 2 atom stereocenters. The first-order valence-corrected chi connectivity index (χ1v) is 11.3. The van der Waals surface area contributed by atoms with Crippen molar-refractivity contribution in [3.63, 3.8) is 0 Å². The van der Waals surface area contributed by atoms with E-state index in [0.29, 0.717) is 17.0 Å². The highest BCUT2D eigenvalue weighted by Crippen LogP contribution is 2.32. The molecular weight excluding hydrogens is 422 g/mol. The molecule has 2 aliphatic heterocycles. The fraction of sp³-hybridized carbons (Fsp3) is 0.364. The lowest BCUT2D eigenvalue weighted by molar-refractivity contribution is 0.509. The minimum absolute atomic E-state index is 0.134. The van der Waals surface area contributed by atoms with Crippen LogP contribution in [0.4, 0.5) is 5.69 Å². The van der Waals surface area contributed by atoms with Gasteiger partial charge in [-0.1, -0.05) is 25.6 Å². The highest BCUT2D eigenvalue weighted by atomic mass is 32.2. The number of allylic oxidation sites excluding steroid dienone is 1. The number of thioether (sulfide) groups is 1. The highest BCUT2D eigenvalue weighted by molar-refractivity contribution is 8.14. The van der Waals surface area contributed by atoms with Gasteiger partial charge in [0.25, 0.3) is 0 Å². The summed E-state index contributed by atoms with van der Waals surface area (Å²) in [5, 5.41) is 5.42. The molecule has 2 aliphatic rings. The minimum atomic E-state index is -0.134. The molecule has 0 saturated carbocycles. The van der Waals surface area contributed by atoms with Gasteiger partial charge in [-0.05, 0) is 24.1 Å². The molecule has 10 heteroatoms. The molecule has 1 saturated heterocycles. The number of nitrogens with one attached hydrogen (secondary N) is 2. The van der Waals surface area contributed by atoms with Crippen LogP contribution in [0.3, 0.4) is 0 Å². The van der Waals surface area contributed by atoms with Crippen molar-refractivity contribution in [2.45, 2.75) is 25.4 Å². The van der Waals surface area contributed by atoms with Crippen molar-refractivity contribution in [3.05, 3.63) is 47.6 Å². The summed E-state index contributed by atoms with van der Waals surface area (Å²) in [6, 6.07) is 2.09. The van der Waals surface area contributed by atoms with Crippen LogP contribution in [0.5, 0.6) is 0 Å². The number of aromatic nitrogens is 3. The molecule has 0 amide bonds. The Bertz CT molecular complexity index is 1110. The molecule has 168 valence electrons. The van der Waals surface area contributed by atoms with E-state index in [9.17, 15) is 0 Å². The molecule has 0 aromatic carbocycles. The van der Waals surface area contributed by atoms with Crippen molar-refractivity contribution in [2.24, 2.45) is 28.7 Å². The van der Waals surface area contributed by atoms with E-state index < -0.39 is 0 Å². The zero-order valence-electron chi connectivity index (χ0n) is 18.9. The number of aliphatic imine (C=N–C) groups is 2. The Morgan fingerprint density at radius 2 is 2.09 bits per heavy atom. The van der Waals surface area contributed by atoms with Crippen LogP contribution in [-0.4, -0.2) is 51.8 Å². The van der Waals surface area contributed by atoms with Crippen molar-refractivity contribution in [1.29, 1.82) is 0 Å². The van der Waals surface area contributed by atoms with Crippen LogP contribution in [0, 0.1) is 5.92 Å². The number of pyridine rings is 1. The summed E-state index contributed by atoms with van der Waals surface area (Å²) >= 11 is 1.72. The van der Waals surface area contributed by atoms with Crippen LogP contribution in [0.15, 0.2) is 40.7 Å². The first-order valence-electron chi connectivity index (χ1n) is 10.5. The van der Waals surface area contributed by atoms with E-state index in [0.717, 1.165) is 33.2 Å². The van der Waals surface area contributed by atoms with Gasteiger partial charge in [0.1, 0.15) is 6.17 Å². The lowest BCUT2D eigenvalue weighted by atomic mass is 10.0. The fourth-order valence-electron chi connectivity index (χ4n) is 3.54. The topological polar surface area (TPSA) is 109 Å². The van der Waals surface area contributed by atoms with E-state index in [4.69, 9.17) is 10.7 Å². The molecule has 0 radical (unpaired) electrons. The van der Waals surface area contributed by atoms with Gasteiger partial charge in [-0.15, -0.1) is 0 Å². The van der Waals surface area contributed by atoms with Gasteiger partial charge >= 0.3 is 0 Å². The number of hydrazine groups is 1. The summed E-state index contributed by atoms with van der Waals surface area (Å²) in [7, 11) is 5.62. The molecule has 2 aromatic heterocycles. The molecule has 2 aromatic rings. The van der Waals surface area contributed by atoms with Crippen LogP contribution < -0.4 is 21.5 Å². The minimum Gasteiger partial charge on any atom is -0.398 e. The Morgan fingerprint density at radius 1 is 1.28 bits per heavy atom. The van der Waals surface area contributed by atoms with Gasteiger partial charge in [-0.2, -0.15) is 5.10 Å². The number of hydrogen-bond donors (Lipinski definition) is 3. The number of amidine groups is 1. The van der Waals surface area contributed by atoms with E-state index >= 15 is 0 Å². The zero-order chi connectivity index (χ0) is 22.8. The third kappa shape index (κ3) is 4.42. The Morgan fingerprint density at radius 3 is 2.75 bits per heavy atom. The molecule has 0 aliphatic carbocycles. The second kappa shape index (κ2) is 9.17. The standard InChI is InChI=1S/C22H29N9S/c1-13(2)21-28-29-22(32-21)27-19-7-6-17-18(31(19)5)8-14(9-25-17)16(11-24-3)20(23)15-10-26-30(4)12-15/h6-13,19,21,28H,23H2,1-5H3,(H,27,29). The molecule has 4 rings (SSSR count). The number of aryl methyl sites for hydroxylation is 1. The molecule has 32 heavy (non-hydrogen) atoms. The summed E-state index contributed by atoms with van der Waals surface area (Å²) in [6.07, 6.45) is 11.2. The Labute approximate surface area is 192 Å². The normalized spacial score (nSPS) is 22.6. The summed E-state index contributed by atoms with van der Waals surface area (Å²) in [4.78, 5) is 15.9. The molecule has 1 fully saturated rings. The SMILES string of the molecule is CN=CC(=C(N)c1cnn(C)c1)c1cnc2c(c1)N(C)C(N=C1NNC(C(C)C)S1)C=C2. The lowest BCUT2D eigenvalue weighted by Gasteiger charge is -2.29. The molecular formula is C22H29N9S. The number of anilines is 1. The third-order valence-corrected chi connectivity index (χ3v) is 6.74.